The van der Waals surface area contributed by atoms with E-state index in [1.807, 2.05) is 20.8 Å². The molecule has 0 spiro atoms. The predicted octanol–water partition coefficient (Wildman–Crippen LogP) is 4.43. The number of hydrogen-bond donors (Lipinski definition) is 1. The van der Waals surface area contributed by atoms with Crippen molar-refractivity contribution in [2.75, 3.05) is 32.7 Å². The molecule has 2 heterocycles. The zero-order valence-electron chi connectivity index (χ0n) is 18.7. The topological polar surface area (TPSA) is 82.2 Å². The molecule has 184 valence electrons. The fourth-order valence-electron chi connectivity index (χ4n) is 3.13. The largest absolute Gasteiger partial charge is 0.444 e. The van der Waals surface area contributed by atoms with Crippen molar-refractivity contribution < 1.29 is 19.1 Å². The number of carbonyl (C=O) groups excluding carboxylic acids is 3. The second-order valence-electron chi connectivity index (χ2n) is 8.51. The average molecular weight is 566 g/mol. The van der Waals surface area contributed by atoms with Gasteiger partial charge >= 0.3 is 6.09 Å². The lowest BCUT2D eigenvalue weighted by molar-refractivity contribution is -0.132. The van der Waals surface area contributed by atoms with Gasteiger partial charge in [-0.3, -0.25) is 19.9 Å². The molecule has 0 saturated carbocycles. The molecule has 1 N–H and O–H groups in total. The van der Waals surface area contributed by atoms with E-state index in [0.717, 1.165) is 11.8 Å². The SMILES string of the molecule is CC(C)(C)OC(=O)N1CCN(NC(=O)CN2C(=O)/C(=C/c3c(Cl)ccc(Cl)c3Cl)SC2=S)CC1. The van der Waals surface area contributed by atoms with Crippen LogP contribution in [0.15, 0.2) is 17.0 Å². The average Bonchev–Trinajstić information content (AvgIpc) is 3.00. The Balaban J connectivity index is 1.56. The Morgan fingerprint density at radius 1 is 1.15 bits per heavy atom. The minimum Gasteiger partial charge on any atom is -0.444 e. The fraction of sp³-hybridized carbons (Fsp3) is 0.429. The molecule has 0 bridgehead atoms. The molecule has 3 rings (SSSR count). The van der Waals surface area contributed by atoms with Crippen LogP contribution >= 0.6 is 58.8 Å². The van der Waals surface area contributed by atoms with Crippen LogP contribution in [0.25, 0.3) is 6.08 Å². The highest BCUT2D eigenvalue weighted by atomic mass is 35.5. The molecule has 2 fully saturated rings. The highest BCUT2D eigenvalue weighted by Crippen LogP contribution is 2.38. The number of carbonyl (C=O) groups is 3. The van der Waals surface area contributed by atoms with Crippen LogP contribution in [0.1, 0.15) is 26.3 Å². The van der Waals surface area contributed by atoms with Crippen molar-refractivity contribution >= 4 is 87.1 Å². The molecule has 0 aromatic heterocycles. The summed E-state index contributed by atoms with van der Waals surface area (Å²) in [6.07, 6.45) is 1.13. The van der Waals surface area contributed by atoms with Gasteiger partial charge in [-0.1, -0.05) is 58.8 Å². The first-order chi connectivity index (χ1) is 15.9. The number of piperazine rings is 1. The molecule has 2 aliphatic heterocycles. The van der Waals surface area contributed by atoms with E-state index in [1.54, 1.807) is 22.0 Å². The maximum Gasteiger partial charge on any atom is 0.410 e. The molecule has 8 nitrogen and oxygen atoms in total. The number of rotatable bonds is 4. The number of benzene rings is 1. The third kappa shape index (κ3) is 6.77. The lowest BCUT2D eigenvalue weighted by Gasteiger charge is -2.35. The van der Waals surface area contributed by atoms with Crippen molar-refractivity contribution in [3.05, 3.63) is 37.7 Å². The summed E-state index contributed by atoms with van der Waals surface area (Å²) in [5.41, 5.74) is 2.59. The molecule has 34 heavy (non-hydrogen) atoms. The van der Waals surface area contributed by atoms with E-state index >= 15 is 0 Å². The van der Waals surface area contributed by atoms with Crippen LogP contribution in [-0.2, 0) is 14.3 Å². The van der Waals surface area contributed by atoms with Gasteiger partial charge < -0.3 is 9.64 Å². The lowest BCUT2D eigenvalue weighted by Crippen LogP contribution is -2.56. The second kappa shape index (κ2) is 11.0. The maximum absolute atomic E-state index is 12.9. The van der Waals surface area contributed by atoms with Crippen molar-refractivity contribution in [2.24, 2.45) is 0 Å². The Morgan fingerprint density at radius 3 is 2.38 bits per heavy atom. The Hall–Kier alpha value is -1.56. The van der Waals surface area contributed by atoms with Gasteiger partial charge in [0.2, 0.25) is 0 Å². The van der Waals surface area contributed by atoms with Gasteiger partial charge in [0.25, 0.3) is 11.8 Å². The molecule has 0 unspecified atom stereocenters. The molecule has 1 aromatic rings. The highest BCUT2D eigenvalue weighted by molar-refractivity contribution is 8.26. The fourth-order valence-corrected chi connectivity index (χ4v) is 5.01. The van der Waals surface area contributed by atoms with Gasteiger partial charge in [0.1, 0.15) is 16.5 Å². The lowest BCUT2D eigenvalue weighted by atomic mass is 10.2. The van der Waals surface area contributed by atoms with Crippen LogP contribution in [0, 0.1) is 0 Å². The molecule has 0 radical (unpaired) electrons. The zero-order valence-corrected chi connectivity index (χ0v) is 22.6. The summed E-state index contributed by atoms with van der Waals surface area (Å²) < 4.78 is 5.62. The van der Waals surface area contributed by atoms with Gasteiger partial charge in [-0.05, 0) is 39.0 Å². The monoisotopic (exact) mass is 564 g/mol. The molecular formula is C21H23Cl3N4O4S2. The van der Waals surface area contributed by atoms with E-state index in [9.17, 15) is 14.4 Å². The molecule has 1 aromatic carbocycles. The number of hydrogen-bond acceptors (Lipinski definition) is 7. The quantitative estimate of drug-likeness (QED) is 0.329. The van der Waals surface area contributed by atoms with Crippen LogP contribution in [0.2, 0.25) is 15.1 Å². The Bertz CT molecular complexity index is 1050. The Kier molecular flexibility index (Phi) is 8.75. The molecule has 0 atom stereocenters. The van der Waals surface area contributed by atoms with Crippen molar-refractivity contribution in [3.63, 3.8) is 0 Å². The minimum absolute atomic E-state index is 0.225. The molecular weight excluding hydrogens is 543 g/mol. The molecule has 2 saturated heterocycles. The van der Waals surface area contributed by atoms with Gasteiger partial charge in [-0.2, -0.15) is 0 Å². The highest BCUT2D eigenvalue weighted by Gasteiger charge is 2.34. The summed E-state index contributed by atoms with van der Waals surface area (Å²) in [6.45, 7) is 6.84. The van der Waals surface area contributed by atoms with E-state index < -0.39 is 17.4 Å². The number of thioether (sulfide) groups is 1. The van der Waals surface area contributed by atoms with Crippen molar-refractivity contribution in [3.8, 4) is 0 Å². The Labute approximate surface area is 222 Å². The van der Waals surface area contributed by atoms with Crippen LogP contribution in [-0.4, -0.2) is 75.4 Å². The number of hydrazine groups is 1. The summed E-state index contributed by atoms with van der Waals surface area (Å²) >= 11 is 24.8. The van der Waals surface area contributed by atoms with Crippen LogP contribution in [0.4, 0.5) is 4.79 Å². The summed E-state index contributed by atoms with van der Waals surface area (Å²) in [7, 11) is 0. The minimum atomic E-state index is -0.572. The summed E-state index contributed by atoms with van der Waals surface area (Å²) in [5.74, 6) is -0.825. The van der Waals surface area contributed by atoms with Crippen LogP contribution in [0.5, 0.6) is 0 Å². The first-order valence-corrected chi connectivity index (χ1v) is 12.6. The predicted molar refractivity (Wildman–Crippen MR) is 139 cm³/mol. The van der Waals surface area contributed by atoms with Gasteiger partial charge in [0.05, 0.1) is 15.0 Å². The molecule has 0 aliphatic carbocycles. The second-order valence-corrected chi connectivity index (χ2v) is 11.4. The summed E-state index contributed by atoms with van der Waals surface area (Å²) in [6, 6.07) is 3.14. The van der Waals surface area contributed by atoms with Crippen molar-refractivity contribution in [2.45, 2.75) is 26.4 Å². The Morgan fingerprint density at radius 2 is 1.76 bits per heavy atom. The van der Waals surface area contributed by atoms with E-state index in [4.69, 9.17) is 51.8 Å². The number of amides is 3. The molecule has 2 aliphatic rings. The van der Waals surface area contributed by atoms with Crippen LogP contribution < -0.4 is 5.43 Å². The number of nitrogens with zero attached hydrogens (tertiary/aromatic N) is 3. The molecule has 13 heteroatoms. The van der Waals surface area contributed by atoms with Crippen molar-refractivity contribution in [1.29, 1.82) is 0 Å². The summed E-state index contributed by atoms with van der Waals surface area (Å²) in [5, 5.41) is 2.56. The number of nitrogens with one attached hydrogen (secondary N) is 1. The van der Waals surface area contributed by atoms with E-state index in [2.05, 4.69) is 5.43 Å². The van der Waals surface area contributed by atoms with Gasteiger partial charge in [0.15, 0.2) is 0 Å². The third-order valence-corrected chi connectivity index (χ3v) is 7.27. The van der Waals surface area contributed by atoms with Crippen LogP contribution in [0.3, 0.4) is 0 Å². The van der Waals surface area contributed by atoms with E-state index in [0.29, 0.717) is 41.8 Å². The van der Waals surface area contributed by atoms with Gasteiger partial charge in [-0.25, -0.2) is 9.80 Å². The number of halogens is 3. The van der Waals surface area contributed by atoms with Crippen molar-refractivity contribution in [1.82, 2.24) is 20.2 Å². The maximum atomic E-state index is 12.9. The van der Waals surface area contributed by atoms with Gasteiger partial charge in [-0.15, -0.1) is 0 Å². The summed E-state index contributed by atoms with van der Waals surface area (Å²) in [4.78, 5) is 40.7. The zero-order chi connectivity index (χ0) is 25.2. The third-order valence-electron chi connectivity index (χ3n) is 4.74. The number of ether oxygens (including phenoxy) is 1. The first-order valence-electron chi connectivity index (χ1n) is 10.3. The smallest absolute Gasteiger partial charge is 0.410 e. The standard InChI is InChI=1S/C21H23Cl3N4O4S2/c1-21(2,3)32-19(31)26-6-8-27(9-7-26)25-16(29)11-28-18(30)15(34-20(28)33)10-12-13(22)4-5-14(23)17(12)24/h4-5,10H,6-9,11H2,1-3H3,(H,25,29)/b15-10-. The number of thiocarbonyl (C=S) groups is 1. The van der Waals surface area contributed by atoms with E-state index in [-0.39, 0.29) is 26.9 Å². The normalized spacial score (nSPS) is 18.6. The van der Waals surface area contributed by atoms with Gasteiger partial charge in [0, 0.05) is 36.8 Å². The first kappa shape index (κ1) is 27.0. The van der Waals surface area contributed by atoms with E-state index in [1.165, 1.54) is 11.0 Å². The molecule has 3 amide bonds.